The summed E-state index contributed by atoms with van der Waals surface area (Å²) in [5.74, 6) is 0.280. The Hall–Kier alpha value is -2.29. The van der Waals surface area contributed by atoms with Gasteiger partial charge in [-0.15, -0.1) is 0 Å². The van der Waals surface area contributed by atoms with Crippen molar-refractivity contribution in [3.8, 4) is 5.75 Å². The second-order valence-electron chi connectivity index (χ2n) is 3.92. The monoisotopic (exact) mass is 240 g/mol. The van der Waals surface area contributed by atoms with Crippen LogP contribution in [0, 0.1) is 0 Å². The van der Waals surface area contributed by atoms with Gasteiger partial charge in [-0.3, -0.25) is 4.99 Å². The number of anilines is 1. The summed E-state index contributed by atoms with van der Waals surface area (Å²) in [5.41, 5.74) is 2.10. The van der Waals surface area contributed by atoms with Crippen molar-refractivity contribution in [1.29, 1.82) is 0 Å². The molecule has 0 atom stereocenters. The molecule has 0 spiro atoms. The Morgan fingerprint density at radius 2 is 1.72 bits per heavy atom. The van der Waals surface area contributed by atoms with E-state index >= 15 is 0 Å². The van der Waals surface area contributed by atoms with E-state index in [4.69, 9.17) is 5.11 Å². The van der Waals surface area contributed by atoms with Crippen LogP contribution in [0.3, 0.4) is 0 Å². The Morgan fingerprint density at radius 1 is 1.00 bits per heavy atom. The van der Waals surface area contributed by atoms with Gasteiger partial charge in [-0.05, 0) is 29.8 Å². The Morgan fingerprint density at radius 3 is 2.44 bits per heavy atom. The molecule has 0 heterocycles. The first-order valence-corrected chi connectivity index (χ1v) is 5.92. The fourth-order valence-electron chi connectivity index (χ4n) is 1.55. The number of nitrogens with zero attached hydrogens (tertiary/aromatic N) is 1. The van der Waals surface area contributed by atoms with Crippen LogP contribution in [0.5, 0.6) is 5.75 Å². The Bertz CT molecular complexity index is 492. The fourth-order valence-corrected chi connectivity index (χ4v) is 1.55. The van der Waals surface area contributed by atoms with Gasteiger partial charge in [0.1, 0.15) is 5.75 Å². The highest BCUT2D eigenvalue weighted by Gasteiger charge is 1.91. The molecule has 0 aliphatic carbocycles. The number of rotatable bonds is 5. The number of hydrogen-bond donors (Lipinski definition) is 2. The van der Waals surface area contributed by atoms with Gasteiger partial charge < -0.3 is 10.4 Å². The molecule has 0 bridgehead atoms. The Labute approximate surface area is 107 Å². The number of hydrogen-bond acceptors (Lipinski definition) is 3. The maximum absolute atomic E-state index is 9.14. The van der Waals surface area contributed by atoms with Crippen LogP contribution in [0.4, 0.5) is 5.69 Å². The molecule has 0 unspecified atom stereocenters. The van der Waals surface area contributed by atoms with Gasteiger partial charge in [0.05, 0.1) is 6.54 Å². The van der Waals surface area contributed by atoms with Gasteiger partial charge in [-0.2, -0.15) is 0 Å². The average Bonchev–Trinajstić information content (AvgIpc) is 2.42. The summed E-state index contributed by atoms with van der Waals surface area (Å²) in [6.07, 6.45) is 1.87. The van der Waals surface area contributed by atoms with Gasteiger partial charge in [0, 0.05) is 18.4 Å². The summed E-state index contributed by atoms with van der Waals surface area (Å²) in [6, 6.07) is 17.0. The SMILES string of the molecule is Oc1ccc(NCCN=Cc2ccccc2)cc1. The molecule has 0 amide bonds. The second-order valence-corrected chi connectivity index (χ2v) is 3.92. The lowest BCUT2D eigenvalue weighted by Gasteiger charge is -2.03. The maximum atomic E-state index is 9.14. The molecule has 2 rings (SSSR count). The molecule has 0 saturated heterocycles. The first-order valence-electron chi connectivity index (χ1n) is 5.92. The number of nitrogens with one attached hydrogen (secondary N) is 1. The van der Waals surface area contributed by atoms with Gasteiger partial charge in [0.2, 0.25) is 0 Å². The summed E-state index contributed by atoms with van der Waals surface area (Å²) in [6.45, 7) is 1.49. The van der Waals surface area contributed by atoms with Gasteiger partial charge in [-0.1, -0.05) is 30.3 Å². The van der Waals surface area contributed by atoms with E-state index in [2.05, 4.69) is 10.3 Å². The van der Waals surface area contributed by atoms with E-state index in [9.17, 15) is 0 Å². The Balaban J connectivity index is 1.73. The second kappa shape index (κ2) is 6.45. The molecular weight excluding hydrogens is 224 g/mol. The molecule has 3 nitrogen and oxygen atoms in total. The maximum Gasteiger partial charge on any atom is 0.115 e. The molecule has 0 aliphatic rings. The topological polar surface area (TPSA) is 44.6 Å². The van der Waals surface area contributed by atoms with Crippen LogP contribution in [0.1, 0.15) is 5.56 Å². The molecule has 2 aromatic rings. The van der Waals surface area contributed by atoms with Crippen LogP contribution in [-0.2, 0) is 0 Å². The fraction of sp³-hybridized carbons (Fsp3) is 0.133. The van der Waals surface area contributed by atoms with Crippen LogP contribution < -0.4 is 5.32 Å². The van der Waals surface area contributed by atoms with Crippen molar-refractivity contribution in [3.05, 3.63) is 60.2 Å². The van der Waals surface area contributed by atoms with Crippen LogP contribution >= 0.6 is 0 Å². The normalized spacial score (nSPS) is 10.7. The molecular formula is C15H16N2O. The molecule has 3 heteroatoms. The van der Waals surface area contributed by atoms with Gasteiger partial charge in [-0.25, -0.2) is 0 Å². The van der Waals surface area contributed by atoms with E-state index in [-0.39, 0.29) is 5.75 Å². The summed E-state index contributed by atoms with van der Waals surface area (Å²) in [5, 5.41) is 12.4. The van der Waals surface area contributed by atoms with Crippen molar-refractivity contribution in [3.63, 3.8) is 0 Å². The minimum absolute atomic E-state index is 0.280. The molecule has 0 aliphatic heterocycles. The minimum Gasteiger partial charge on any atom is -0.508 e. The van der Waals surface area contributed by atoms with Crippen LogP contribution in [-0.4, -0.2) is 24.4 Å². The van der Waals surface area contributed by atoms with Crippen molar-refractivity contribution < 1.29 is 5.11 Å². The highest BCUT2D eigenvalue weighted by Crippen LogP contribution is 2.13. The van der Waals surface area contributed by atoms with E-state index in [1.54, 1.807) is 12.1 Å². The standard InChI is InChI=1S/C15H16N2O/c18-15-8-6-14(7-9-15)17-11-10-16-12-13-4-2-1-3-5-13/h1-9,12,17-18H,10-11H2. The largest absolute Gasteiger partial charge is 0.508 e. The van der Waals surface area contributed by atoms with Crippen LogP contribution in [0.2, 0.25) is 0 Å². The molecule has 2 N–H and O–H groups in total. The number of phenols is 1. The van der Waals surface area contributed by atoms with E-state index in [0.29, 0.717) is 0 Å². The van der Waals surface area contributed by atoms with E-state index in [1.165, 1.54) is 0 Å². The molecule has 2 aromatic carbocycles. The van der Waals surface area contributed by atoms with E-state index in [0.717, 1.165) is 24.3 Å². The predicted molar refractivity (Wildman–Crippen MR) is 75.5 cm³/mol. The molecule has 92 valence electrons. The van der Waals surface area contributed by atoms with Crippen molar-refractivity contribution in [2.24, 2.45) is 4.99 Å². The van der Waals surface area contributed by atoms with Crippen LogP contribution in [0.15, 0.2) is 59.6 Å². The third-order valence-electron chi connectivity index (χ3n) is 2.48. The van der Waals surface area contributed by atoms with Gasteiger partial charge in [0.15, 0.2) is 0 Å². The lowest BCUT2D eigenvalue weighted by molar-refractivity contribution is 0.475. The molecule has 18 heavy (non-hydrogen) atoms. The third kappa shape index (κ3) is 3.94. The molecule has 0 saturated carbocycles. The third-order valence-corrected chi connectivity index (χ3v) is 2.48. The zero-order valence-electron chi connectivity index (χ0n) is 10.1. The lowest BCUT2D eigenvalue weighted by Crippen LogP contribution is -2.04. The first kappa shape index (κ1) is 12.2. The summed E-state index contributed by atoms with van der Waals surface area (Å²) >= 11 is 0. The van der Waals surface area contributed by atoms with Gasteiger partial charge in [0.25, 0.3) is 0 Å². The van der Waals surface area contributed by atoms with Crippen molar-refractivity contribution in [2.75, 3.05) is 18.4 Å². The smallest absolute Gasteiger partial charge is 0.115 e. The van der Waals surface area contributed by atoms with Crippen LogP contribution in [0.25, 0.3) is 0 Å². The highest BCUT2D eigenvalue weighted by molar-refractivity contribution is 5.79. The number of aromatic hydroxyl groups is 1. The molecule has 0 aromatic heterocycles. The van der Waals surface area contributed by atoms with Crippen molar-refractivity contribution in [1.82, 2.24) is 0 Å². The quantitative estimate of drug-likeness (QED) is 0.479. The zero-order valence-corrected chi connectivity index (χ0v) is 10.1. The van der Waals surface area contributed by atoms with Crippen molar-refractivity contribution in [2.45, 2.75) is 0 Å². The molecule has 0 fully saturated rings. The zero-order chi connectivity index (χ0) is 12.6. The number of benzene rings is 2. The summed E-state index contributed by atoms with van der Waals surface area (Å²) < 4.78 is 0. The number of aliphatic imine (C=N–C) groups is 1. The summed E-state index contributed by atoms with van der Waals surface area (Å²) in [7, 11) is 0. The minimum atomic E-state index is 0.280. The number of phenolic OH excluding ortho intramolecular Hbond substituents is 1. The summed E-state index contributed by atoms with van der Waals surface area (Å²) in [4.78, 5) is 4.34. The Kier molecular flexibility index (Phi) is 4.36. The average molecular weight is 240 g/mol. The lowest BCUT2D eigenvalue weighted by atomic mass is 10.2. The van der Waals surface area contributed by atoms with Crippen molar-refractivity contribution >= 4 is 11.9 Å². The molecule has 0 radical (unpaired) electrons. The van der Waals surface area contributed by atoms with E-state index < -0.39 is 0 Å². The predicted octanol–water partition coefficient (Wildman–Crippen LogP) is 2.92. The highest BCUT2D eigenvalue weighted by atomic mass is 16.3. The first-order chi connectivity index (χ1) is 8.84. The van der Waals surface area contributed by atoms with Gasteiger partial charge >= 0.3 is 0 Å². The van der Waals surface area contributed by atoms with E-state index in [1.807, 2.05) is 48.7 Å².